The van der Waals surface area contributed by atoms with Gasteiger partial charge in [-0.05, 0) is 42.8 Å². The smallest absolute Gasteiger partial charge is 0.225 e. The molecular formula is C21H30Cl2N4O2. The largest absolute Gasteiger partial charge is 0.495 e. The molecule has 29 heavy (non-hydrogen) atoms. The molecule has 2 aromatic rings. The molecule has 0 spiro atoms. The number of carbonyl (C=O) groups excluding carboxylic acids is 1. The minimum atomic E-state index is 0. The van der Waals surface area contributed by atoms with Gasteiger partial charge in [0.1, 0.15) is 5.75 Å². The molecule has 0 bridgehead atoms. The lowest BCUT2D eigenvalue weighted by Gasteiger charge is -2.36. The first-order valence-electron chi connectivity index (χ1n) is 9.32. The highest BCUT2D eigenvalue weighted by Crippen LogP contribution is 2.24. The minimum absolute atomic E-state index is 0. The van der Waals surface area contributed by atoms with E-state index < -0.39 is 0 Å². The summed E-state index contributed by atoms with van der Waals surface area (Å²) in [6.07, 6.45) is 0.469. The summed E-state index contributed by atoms with van der Waals surface area (Å²) < 4.78 is 5.13. The van der Waals surface area contributed by atoms with Crippen LogP contribution in [-0.4, -0.2) is 50.6 Å². The number of nitrogens with one attached hydrogen (secondary N) is 1. The first-order chi connectivity index (χ1) is 13.0. The van der Waals surface area contributed by atoms with Crippen LogP contribution in [0.15, 0.2) is 42.5 Å². The van der Waals surface area contributed by atoms with E-state index in [2.05, 4.69) is 46.3 Å². The third-order valence-electron chi connectivity index (χ3n) is 4.91. The molecule has 6 nitrogen and oxygen atoms in total. The van der Waals surface area contributed by atoms with E-state index >= 15 is 0 Å². The Morgan fingerprint density at radius 3 is 2.45 bits per heavy atom. The van der Waals surface area contributed by atoms with Crippen molar-refractivity contribution in [2.75, 3.05) is 55.8 Å². The number of carbonyl (C=O) groups is 1. The molecule has 1 aliphatic heterocycles. The van der Waals surface area contributed by atoms with Gasteiger partial charge in [-0.25, -0.2) is 0 Å². The maximum absolute atomic E-state index is 12.2. The molecule has 3 rings (SSSR count). The zero-order chi connectivity index (χ0) is 19.2. The number of anilines is 3. The van der Waals surface area contributed by atoms with Gasteiger partial charge in [0.15, 0.2) is 0 Å². The summed E-state index contributed by atoms with van der Waals surface area (Å²) in [7, 11) is 1.57. The van der Waals surface area contributed by atoms with Crippen LogP contribution in [0.5, 0.6) is 5.75 Å². The van der Waals surface area contributed by atoms with Gasteiger partial charge in [0, 0.05) is 50.5 Å². The normalized spacial score (nSPS) is 13.8. The number of ether oxygens (including phenoxy) is 1. The van der Waals surface area contributed by atoms with E-state index in [4.69, 9.17) is 10.5 Å². The Morgan fingerprint density at radius 2 is 1.83 bits per heavy atom. The summed E-state index contributed by atoms with van der Waals surface area (Å²) in [4.78, 5) is 17.0. The molecule has 1 amide bonds. The van der Waals surface area contributed by atoms with Crippen LogP contribution >= 0.6 is 24.8 Å². The fourth-order valence-corrected chi connectivity index (χ4v) is 3.35. The van der Waals surface area contributed by atoms with Crippen molar-refractivity contribution in [2.24, 2.45) is 0 Å². The lowest BCUT2D eigenvalue weighted by atomic mass is 10.2. The van der Waals surface area contributed by atoms with Crippen molar-refractivity contribution in [3.05, 3.63) is 48.0 Å². The second kappa shape index (κ2) is 11.8. The van der Waals surface area contributed by atoms with Gasteiger partial charge in [-0.15, -0.1) is 24.8 Å². The number of methoxy groups -OCH3 is 1. The predicted octanol–water partition coefficient (Wildman–Crippen LogP) is 3.58. The van der Waals surface area contributed by atoms with Gasteiger partial charge in [0.2, 0.25) is 5.91 Å². The zero-order valence-corrected chi connectivity index (χ0v) is 18.5. The molecule has 0 aromatic heterocycles. The summed E-state index contributed by atoms with van der Waals surface area (Å²) in [5.74, 6) is 0.611. The molecule has 1 heterocycles. The van der Waals surface area contributed by atoms with Crippen molar-refractivity contribution in [3.63, 3.8) is 0 Å². The Hall–Kier alpha value is -2.15. The number of hydrogen-bond donors (Lipinski definition) is 2. The molecule has 0 saturated carbocycles. The van der Waals surface area contributed by atoms with E-state index in [-0.39, 0.29) is 30.7 Å². The Kier molecular flexibility index (Phi) is 10.1. The van der Waals surface area contributed by atoms with Crippen LogP contribution in [0.1, 0.15) is 12.0 Å². The summed E-state index contributed by atoms with van der Waals surface area (Å²) in [5.41, 5.74) is 9.66. The minimum Gasteiger partial charge on any atom is -0.495 e. The fraction of sp³-hybridized carbons (Fsp3) is 0.381. The number of nitrogens with two attached hydrogens (primary N) is 1. The van der Waals surface area contributed by atoms with Gasteiger partial charge >= 0.3 is 0 Å². The predicted molar refractivity (Wildman–Crippen MR) is 125 cm³/mol. The molecule has 1 fully saturated rings. The van der Waals surface area contributed by atoms with Crippen molar-refractivity contribution < 1.29 is 9.53 Å². The first-order valence-corrected chi connectivity index (χ1v) is 9.32. The van der Waals surface area contributed by atoms with E-state index in [9.17, 15) is 4.79 Å². The Labute approximate surface area is 185 Å². The number of benzene rings is 2. The molecule has 8 heteroatoms. The van der Waals surface area contributed by atoms with Crippen LogP contribution in [0.25, 0.3) is 0 Å². The number of piperazine rings is 1. The van der Waals surface area contributed by atoms with Crippen molar-refractivity contribution in [1.82, 2.24) is 4.90 Å². The highest BCUT2D eigenvalue weighted by molar-refractivity contribution is 5.91. The van der Waals surface area contributed by atoms with Crippen LogP contribution < -0.4 is 20.7 Å². The molecule has 3 N–H and O–H groups in total. The average molecular weight is 441 g/mol. The van der Waals surface area contributed by atoms with Crippen molar-refractivity contribution >= 4 is 47.8 Å². The lowest BCUT2D eigenvalue weighted by molar-refractivity contribution is -0.116. The van der Waals surface area contributed by atoms with Crippen LogP contribution in [0.4, 0.5) is 17.1 Å². The second-order valence-electron chi connectivity index (χ2n) is 6.92. The maximum atomic E-state index is 12.2. The number of halogens is 2. The van der Waals surface area contributed by atoms with Crippen LogP contribution in [-0.2, 0) is 4.79 Å². The Morgan fingerprint density at radius 1 is 1.10 bits per heavy atom. The zero-order valence-electron chi connectivity index (χ0n) is 16.9. The number of hydrogen-bond acceptors (Lipinski definition) is 5. The van der Waals surface area contributed by atoms with Gasteiger partial charge in [0.25, 0.3) is 0 Å². The summed E-state index contributed by atoms with van der Waals surface area (Å²) in [5, 5.41) is 2.90. The maximum Gasteiger partial charge on any atom is 0.225 e. The SMILES string of the molecule is COc1ccc(NC(=O)CCN2CCN(c3cccc(C)c3)CC2)cc1N.Cl.Cl. The van der Waals surface area contributed by atoms with Crippen molar-refractivity contribution in [1.29, 1.82) is 0 Å². The van der Waals surface area contributed by atoms with Gasteiger partial charge in [-0.2, -0.15) is 0 Å². The van der Waals surface area contributed by atoms with Gasteiger partial charge < -0.3 is 20.7 Å². The molecule has 1 saturated heterocycles. The molecule has 160 valence electrons. The Bertz CT molecular complexity index is 796. The highest BCUT2D eigenvalue weighted by atomic mass is 35.5. The van der Waals surface area contributed by atoms with Crippen molar-refractivity contribution in [3.8, 4) is 5.75 Å². The summed E-state index contributed by atoms with van der Waals surface area (Å²) >= 11 is 0. The van der Waals surface area contributed by atoms with Crippen LogP contribution in [0.2, 0.25) is 0 Å². The molecule has 0 aliphatic carbocycles. The van der Waals surface area contributed by atoms with Crippen molar-refractivity contribution in [2.45, 2.75) is 13.3 Å². The third-order valence-corrected chi connectivity index (χ3v) is 4.91. The second-order valence-corrected chi connectivity index (χ2v) is 6.92. The van der Waals surface area contributed by atoms with E-state index in [1.807, 2.05) is 0 Å². The molecule has 1 aliphatic rings. The summed E-state index contributed by atoms with van der Waals surface area (Å²) in [6, 6.07) is 13.9. The van der Waals surface area contributed by atoms with E-state index in [0.717, 1.165) is 32.7 Å². The average Bonchev–Trinajstić information content (AvgIpc) is 2.67. The topological polar surface area (TPSA) is 70.8 Å². The molecular weight excluding hydrogens is 411 g/mol. The number of nitrogens with zero attached hydrogens (tertiary/aromatic N) is 2. The van der Waals surface area contributed by atoms with Gasteiger partial charge in [-0.3, -0.25) is 9.69 Å². The molecule has 0 unspecified atom stereocenters. The van der Waals surface area contributed by atoms with Crippen LogP contribution in [0.3, 0.4) is 0 Å². The number of rotatable bonds is 6. The Balaban J connectivity index is 0.00000210. The lowest BCUT2D eigenvalue weighted by Crippen LogP contribution is -2.47. The molecule has 2 aromatic carbocycles. The van der Waals surface area contributed by atoms with Gasteiger partial charge in [-0.1, -0.05) is 12.1 Å². The fourth-order valence-electron chi connectivity index (χ4n) is 3.35. The first kappa shape index (κ1) is 24.9. The van der Waals surface area contributed by atoms with E-state index in [1.165, 1.54) is 11.3 Å². The molecule has 0 radical (unpaired) electrons. The van der Waals surface area contributed by atoms with Gasteiger partial charge in [0.05, 0.1) is 12.8 Å². The summed E-state index contributed by atoms with van der Waals surface area (Å²) in [6.45, 7) is 6.79. The number of nitrogen functional groups attached to an aromatic ring is 1. The third kappa shape index (κ3) is 6.99. The van der Waals surface area contributed by atoms with Crippen LogP contribution in [0, 0.1) is 6.92 Å². The standard InChI is InChI=1S/C21H28N4O2.2ClH/c1-16-4-3-5-18(14-16)25-12-10-24(11-13-25)9-8-21(26)23-17-6-7-20(27-2)19(22)15-17;;/h3-7,14-15H,8-13,22H2,1-2H3,(H,23,26);2*1H. The molecule has 0 atom stereocenters. The monoisotopic (exact) mass is 440 g/mol. The number of amides is 1. The van der Waals surface area contributed by atoms with E-state index in [0.29, 0.717) is 23.5 Å². The van der Waals surface area contributed by atoms with E-state index in [1.54, 1.807) is 25.3 Å². The quantitative estimate of drug-likeness (QED) is 0.671. The highest BCUT2D eigenvalue weighted by Gasteiger charge is 2.18. The number of aryl methyl sites for hydroxylation is 1.